The molecule has 2 saturated carbocycles. The summed E-state index contributed by atoms with van der Waals surface area (Å²) in [7, 11) is 6.51. The third-order valence-corrected chi connectivity index (χ3v) is 9.05. The fourth-order valence-electron chi connectivity index (χ4n) is 7.15. The maximum atomic E-state index is 14.1. The zero-order valence-electron chi connectivity index (χ0n) is 23.4. The van der Waals surface area contributed by atoms with Crippen LogP contribution in [0, 0.1) is 23.7 Å². The Labute approximate surface area is 236 Å². The van der Waals surface area contributed by atoms with Gasteiger partial charge < -0.3 is 30.5 Å². The summed E-state index contributed by atoms with van der Waals surface area (Å²) in [6, 6.07) is 0.348. The number of hydrogen-bond donors (Lipinski definition) is 3. The predicted molar refractivity (Wildman–Crippen MR) is 142 cm³/mol. The highest BCUT2D eigenvalue weighted by Gasteiger charge is 2.69. The van der Waals surface area contributed by atoms with Gasteiger partial charge in [0.1, 0.15) is 5.75 Å². The zero-order valence-corrected chi connectivity index (χ0v) is 23.4. The van der Waals surface area contributed by atoms with E-state index >= 15 is 0 Å². The van der Waals surface area contributed by atoms with Gasteiger partial charge in [0.15, 0.2) is 34.7 Å². The largest absolute Gasteiger partial charge is 0.506 e. The molecule has 1 aromatic rings. The molecule has 0 radical (unpaired) electrons. The van der Waals surface area contributed by atoms with Crippen LogP contribution in [0.4, 0.5) is 5.69 Å². The number of fused-ring (bicyclic) bond motifs is 3. The standard InChI is InChI=1S/C28H34N4O9/c1-30(2)16-11-14(27(39)32-5-7-41-8-6-32)21(33)18-13(16)9-12-10-15-20(31(3)4)23(35)19(26(29)38)25(37)28(15,40)24(36)17(12)22(18)34/h11-12,15,17,19-20,33,40H,5-10H2,1-4H3,(H2,29,38)/t12?,15?,17?,19?,20-,28-/m1/s1. The molecule has 4 N–H and O–H groups in total. The van der Waals surface area contributed by atoms with Gasteiger partial charge in [-0.1, -0.05) is 0 Å². The zero-order chi connectivity index (χ0) is 30.1. The van der Waals surface area contributed by atoms with Gasteiger partial charge in [0.05, 0.1) is 36.3 Å². The molecule has 41 heavy (non-hydrogen) atoms. The van der Waals surface area contributed by atoms with E-state index in [2.05, 4.69) is 0 Å². The number of likely N-dealkylation sites (N-methyl/N-ethyl adjacent to an activating group) is 1. The second-order valence-corrected chi connectivity index (χ2v) is 11.7. The first kappa shape index (κ1) is 28.8. The maximum Gasteiger partial charge on any atom is 0.257 e. The van der Waals surface area contributed by atoms with E-state index in [4.69, 9.17) is 10.5 Å². The normalized spacial score (nSPS) is 31.5. The number of anilines is 1. The number of phenols is 1. The minimum atomic E-state index is -2.81. The Morgan fingerprint density at radius 3 is 2.27 bits per heavy atom. The summed E-state index contributed by atoms with van der Waals surface area (Å²) in [4.78, 5) is 85.0. The average Bonchev–Trinajstić information content (AvgIpc) is 2.90. The molecule has 0 bridgehead atoms. The van der Waals surface area contributed by atoms with Crippen molar-refractivity contribution >= 4 is 40.6 Å². The highest BCUT2D eigenvalue weighted by atomic mass is 16.5. The lowest BCUT2D eigenvalue weighted by atomic mass is 9.52. The molecule has 0 aromatic heterocycles. The third-order valence-electron chi connectivity index (χ3n) is 9.05. The van der Waals surface area contributed by atoms with Gasteiger partial charge in [-0.25, -0.2) is 0 Å². The topological polar surface area (TPSA) is 188 Å². The van der Waals surface area contributed by atoms with Crippen LogP contribution >= 0.6 is 0 Å². The maximum absolute atomic E-state index is 14.1. The Morgan fingerprint density at radius 1 is 1.07 bits per heavy atom. The molecule has 1 heterocycles. The molecule has 2 amide bonds. The summed E-state index contributed by atoms with van der Waals surface area (Å²) in [5, 5.41) is 23.1. The first-order valence-electron chi connectivity index (χ1n) is 13.5. The first-order valence-corrected chi connectivity index (χ1v) is 13.5. The number of amides is 2. The van der Waals surface area contributed by atoms with E-state index in [1.807, 2.05) is 0 Å². The number of phenolic OH excluding ortho intramolecular Hbond substituents is 1. The minimum Gasteiger partial charge on any atom is -0.506 e. The quantitative estimate of drug-likeness (QED) is 0.354. The van der Waals surface area contributed by atoms with Crippen LogP contribution in [0.3, 0.4) is 0 Å². The van der Waals surface area contributed by atoms with E-state index < -0.39 is 76.0 Å². The lowest BCUT2D eigenvalue weighted by Crippen LogP contribution is -2.74. The molecular weight excluding hydrogens is 536 g/mol. The molecule has 1 saturated heterocycles. The van der Waals surface area contributed by atoms with Gasteiger partial charge in [-0.2, -0.15) is 0 Å². The van der Waals surface area contributed by atoms with Crippen molar-refractivity contribution in [3.8, 4) is 5.75 Å². The number of carbonyl (C=O) groups excluding carboxylic acids is 6. The summed E-state index contributed by atoms with van der Waals surface area (Å²) in [5.41, 5.74) is 3.17. The third kappa shape index (κ3) is 4.09. The van der Waals surface area contributed by atoms with E-state index in [1.54, 1.807) is 19.0 Å². The monoisotopic (exact) mass is 570 g/mol. The van der Waals surface area contributed by atoms with Crippen LogP contribution in [-0.4, -0.2) is 121 Å². The first-order chi connectivity index (χ1) is 19.2. The fraction of sp³-hybridized carbons (Fsp3) is 0.571. The number of Topliss-reactive ketones (excluding diaryl/α,β-unsaturated/α-hetero) is 4. The van der Waals surface area contributed by atoms with Gasteiger partial charge in [0.25, 0.3) is 5.91 Å². The summed E-state index contributed by atoms with van der Waals surface area (Å²) < 4.78 is 5.31. The Bertz CT molecular complexity index is 1380. The van der Waals surface area contributed by atoms with Crippen molar-refractivity contribution in [3.05, 3.63) is 22.8 Å². The molecule has 5 rings (SSSR count). The Balaban J connectivity index is 1.64. The number of primary amides is 1. The van der Waals surface area contributed by atoms with Crippen molar-refractivity contribution < 1.29 is 43.7 Å². The minimum absolute atomic E-state index is 0.0496. The van der Waals surface area contributed by atoms with Crippen LogP contribution < -0.4 is 10.6 Å². The fourth-order valence-corrected chi connectivity index (χ4v) is 7.15. The van der Waals surface area contributed by atoms with Gasteiger partial charge in [-0.3, -0.25) is 33.7 Å². The van der Waals surface area contributed by atoms with Gasteiger partial charge in [-0.05, 0) is 44.5 Å². The second-order valence-electron chi connectivity index (χ2n) is 11.7. The van der Waals surface area contributed by atoms with Gasteiger partial charge in [0, 0.05) is 38.8 Å². The lowest BCUT2D eigenvalue weighted by molar-refractivity contribution is -0.181. The molecular formula is C28H34N4O9. The highest BCUT2D eigenvalue weighted by Crippen LogP contribution is 2.52. The lowest BCUT2D eigenvalue weighted by Gasteiger charge is -2.52. The van der Waals surface area contributed by atoms with Crippen molar-refractivity contribution in [2.75, 3.05) is 59.4 Å². The number of ether oxygens (including phenoxy) is 1. The highest BCUT2D eigenvalue weighted by molar-refractivity contribution is 6.32. The SMILES string of the molecule is CN(C)c1cc(C(=O)N2CCOCC2)c(O)c2c1CC1CC3[C@@H](N(C)C)C(=O)C(C(N)=O)C(=O)[C@]3(O)C(=O)C1C2=O. The van der Waals surface area contributed by atoms with Crippen molar-refractivity contribution in [2.24, 2.45) is 29.4 Å². The van der Waals surface area contributed by atoms with Gasteiger partial charge in [-0.15, -0.1) is 0 Å². The molecule has 3 fully saturated rings. The average molecular weight is 571 g/mol. The number of hydrogen-bond acceptors (Lipinski definition) is 11. The molecule has 220 valence electrons. The Morgan fingerprint density at radius 2 is 1.71 bits per heavy atom. The number of ketones is 4. The summed E-state index contributed by atoms with van der Waals surface area (Å²) in [6.07, 6.45) is 0.0604. The number of nitrogens with two attached hydrogens (primary N) is 1. The number of morpholine rings is 1. The number of nitrogens with zero attached hydrogens (tertiary/aromatic N) is 3. The van der Waals surface area contributed by atoms with E-state index in [0.717, 1.165) is 0 Å². The second kappa shape index (κ2) is 10.00. The van der Waals surface area contributed by atoms with Crippen molar-refractivity contribution in [3.63, 3.8) is 0 Å². The smallest absolute Gasteiger partial charge is 0.257 e. The van der Waals surface area contributed by atoms with Crippen LogP contribution in [0.2, 0.25) is 0 Å². The molecule has 0 spiro atoms. The number of benzene rings is 1. The van der Waals surface area contributed by atoms with Crippen LogP contribution in [0.5, 0.6) is 5.75 Å². The summed E-state index contributed by atoms with van der Waals surface area (Å²) >= 11 is 0. The number of aromatic hydroxyl groups is 1. The molecule has 1 aromatic carbocycles. The molecule has 13 nitrogen and oxygen atoms in total. The molecule has 1 aliphatic heterocycles. The van der Waals surface area contributed by atoms with E-state index in [-0.39, 0.29) is 24.0 Å². The van der Waals surface area contributed by atoms with Crippen LogP contribution in [0.1, 0.15) is 32.7 Å². The van der Waals surface area contributed by atoms with E-state index in [1.165, 1.54) is 30.0 Å². The van der Waals surface area contributed by atoms with E-state index in [0.29, 0.717) is 37.6 Å². The summed E-state index contributed by atoms with van der Waals surface area (Å²) in [5.74, 6) is -11.9. The molecule has 4 unspecified atom stereocenters. The van der Waals surface area contributed by atoms with Crippen molar-refractivity contribution in [2.45, 2.75) is 24.5 Å². The van der Waals surface area contributed by atoms with Crippen LogP contribution in [-0.2, 0) is 30.3 Å². The van der Waals surface area contributed by atoms with Crippen molar-refractivity contribution in [1.82, 2.24) is 9.80 Å². The van der Waals surface area contributed by atoms with Crippen LogP contribution in [0.15, 0.2) is 6.07 Å². The molecule has 13 heteroatoms. The van der Waals surface area contributed by atoms with Crippen LogP contribution in [0.25, 0.3) is 0 Å². The van der Waals surface area contributed by atoms with E-state index in [9.17, 15) is 39.0 Å². The molecule has 3 aliphatic carbocycles. The van der Waals surface area contributed by atoms with Gasteiger partial charge >= 0.3 is 0 Å². The molecule has 4 aliphatic rings. The number of carbonyl (C=O) groups is 6. The predicted octanol–water partition coefficient (Wildman–Crippen LogP) is -1.59. The van der Waals surface area contributed by atoms with Crippen molar-refractivity contribution in [1.29, 1.82) is 0 Å². The number of aliphatic hydroxyl groups is 1. The Hall–Kier alpha value is -3.68. The molecule has 6 atom stereocenters. The van der Waals surface area contributed by atoms with Gasteiger partial charge in [0.2, 0.25) is 5.91 Å². The number of rotatable bonds is 4. The Kier molecular flexibility index (Phi) is 7.03. The summed E-state index contributed by atoms with van der Waals surface area (Å²) in [6.45, 7) is 1.25.